The molecule has 0 bridgehead atoms. The van der Waals surface area contributed by atoms with Crippen molar-refractivity contribution in [3.8, 4) is 0 Å². The van der Waals surface area contributed by atoms with E-state index in [1.807, 2.05) is 6.92 Å². The summed E-state index contributed by atoms with van der Waals surface area (Å²) in [6.45, 7) is 3.74. The third kappa shape index (κ3) is 6.43. The van der Waals surface area contributed by atoms with Crippen LogP contribution in [0.15, 0.2) is 35.9 Å². The Morgan fingerprint density at radius 2 is 1.95 bits per heavy atom. The van der Waals surface area contributed by atoms with Gasteiger partial charge in [0.1, 0.15) is 27.3 Å². The Kier molecular flexibility index (Phi) is 9.34. The smallest absolute Gasteiger partial charge is 0.275 e. The second kappa shape index (κ2) is 12.1. The van der Waals surface area contributed by atoms with E-state index in [1.54, 1.807) is 28.1 Å². The molecule has 1 amide bonds. The lowest BCUT2D eigenvalue weighted by atomic mass is 9.78. The highest BCUT2D eigenvalue weighted by Crippen LogP contribution is 2.38. The molecule has 3 rings (SSSR count). The second-order valence-electron chi connectivity index (χ2n) is 9.56. The molecule has 0 spiro atoms. The highest BCUT2D eigenvalue weighted by Gasteiger charge is 2.44. The molecular formula is C26H33F2N5O4S. The Labute approximate surface area is 224 Å². The van der Waals surface area contributed by atoms with Crippen molar-refractivity contribution in [2.24, 2.45) is 0 Å². The van der Waals surface area contributed by atoms with Crippen LogP contribution in [0.2, 0.25) is 0 Å². The number of nitrogens with one attached hydrogen (secondary N) is 2. The number of nitrogens with zero attached hydrogens (tertiary/aromatic N) is 3. The van der Waals surface area contributed by atoms with Gasteiger partial charge in [-0.1, -0.05) is 17.4 Å². The van der Waals surface area contributed by atoms with Crippen molar-refractivity contribution < 1.29 is 28.2 Å². The molecule has 2 aromatic rings. The summed E-state index contributed by atoms with van der Waals surface area (Å²) < 4.78 is 32.8. The monoisotopic (exact) mass is 549 g/mol. The number of hydrogen-bond acceptors (Lipinski definition) is 9. The van der Waals surface area contributed by atoms with E-state index < -0.39 is 29.0 Å². The summed E-state index contributed by atoms with van der Waals surface area (Å²) in [6, 6.07) is 3.35. The van der Waals surface area contributed by atoms with E-state index in [2.05, 4.69) is 20.8 Å². The summed E-state index contributed by atoms with van der Waals surface area (Å²) >= 11 is 1.20. The van der Waals surface area contributed by atoms with Crippen LogP contribution in [0, 0.1) is 11.6 Å². The number of carbonyl (C=O) groups excluding carboxylic acids is 2. The summed E-state index contributed by atoms with van der Waals surface area (Å²) in [6.07, 6.45) is 4.44. The second-order valence-corrected chi connectivity index (χ2v) is 10.6. The number of hydrogen-bond donors (Lipinski definition) is 3. The van der Waals surface area contributed by atoms with Crippen molar-refractivity contribution in [2.75, 3.05) is 21.2 Å². The number of aromatic nitrogens is 2. The topological polar surface area (TPSA) is 117 Å². The average Bonchev–Trinajstić information content (AvgIpc) is 3.39. The number of aliphatic hydroxyl groups is 1. The molecule has 0 unspecified atom stereocenters. The van der Waals surface area contributed by atoms with Crippen LogP contribution in [0.3, 0.4) is 0 Å². The first-order valence-corrected chi connectivity index (χ1v) is 12.9. The van der Waals surface area contributed by atoms with Crippen molar-refractivity contribution in [2.45, 2.75) is 57.2 Å². The molecule has 9 nitrogen and oxygen atoms in total. The molecule has 38 heavy (non-hydrogen) atoms. The first-order chi connectivity index (χ1) is 18.0. The van der Waals surface area contributed by atoms with Gasteiger partial charge in [0.05, 0.1) is 11.3 Å². The molecule has 1 heterocycles. The zero-order valence-electron chi connectivity index (χ0n) is 22.1. The Balaban J connectivity index is 1.76. The molecule has 0 saturated heterocycles. The molecular weight excluding hydrogens is 516 g/mol. The molecule has 0 aliphatic heterocycles. The van der Waals surface area contributed by atoms with E-state index in [0.29, 0.717) is 41.3 Å². The fourth-order valence-electron chi connectivity index (χ4n) is 4.37. The lowest BCUT2D eigenvalue weighted by molar-refractivity contribution is -0.139. The highest BCUT2D eigenvalue weighted by atomic mass is 32.1. The van der Waals surface area contributed by atoms with Crippen LogP contribution in [0.5, 0.6) is 0 Å². The van der Waals surface area contributed by atoms with E-state index in [1.165, 1.54) is 34.6 Å². The molecule has 1 aromatic carbocycles. The maximum atomic E-state index is 14.0. The van der Waals surface area contributed by atoms with Crippen molar-refractivity contribution in [3.05, 3.63) is 63.1 Å². The number of halogens is 2. The number of likely N-dealkylation sites (N-methyl/N-ethyl adjacent to an activating group) is 1. The van der Waals surface area contributed by atoms with Gasteiger partial charge in [-0.2, -0.15) is 0 Å². The SMILES string of the molecule is CNC1(N(C)C(=O)/C(N/C=C(\C)c2nnc(Cc3ccc(F)cc3F)s2)=C(\O)C=O)CCC(C)(OC)CC1. The lowest BCUT2D eigenvalue weighted by Crippen LogP contribution is -2.62. The number of rotatable bonds is 10. The lowest BCUT2D eigenvalue weighted by Gasteiger charge is -2.49. The molecule has 1 aliphatic carbocycles. The molecule has 3 N–H and O–H groups in total. The molecule has 12 heteroatoms. The van der Waals surface area contributed by atoms with Gasteiger partial charge in [-0.25, -0.2) is 8.78 Å². The van der Waals surface area contributed by atoms with E-state index in [9.17, 15) is 23.5 Å². The Morgan fingerprint density at radius 1 is 1.26 bits per heavy atom. The summed E-state index contributed by atoms with van der Waals surface area (Å²) in [7, 11) is 5.06. The number of ether oxygens (including phenoxy) is 1. The predicted molar refractivity (Wildman–Crippen MR) is 140 cm³/mol. The molecule has 0 atom stereocenters. The Hall–Kier alpha value is -3.22. The van der Waals surface area contributed by atoms with Gasteiger partial charge in [0.25, 0.3) is 5.91 Å². The number of allylic oxidation sites excluding steroid dienone is 2. The zero-order chi connectivity index (χ0) is 28.1. The maximum absolute atomic E-state index is 14.0. The summed E-state index contributed by atoms with van der Waals surface area (Å²) in [5, 5.41) is 25.4. The Bertz CT molecular complexity index is 1240. The number of carbonyl (C=O) groups is 2. The predicted octanol–water partition coefficient (Wildman–Crippen LogP) is 3.68. The minimum Gasteiger partial charge on any atom is -0.503 e. The highest BCUT2D eigenvalue weighted by molar-refractivity contribution is 7.12. The van der Waals surface area contributed by atoms with Gasteiger partial charge in [0.2, 0.25) is 0 Å². The van der Waals surface area contributed by atoms with Crippen molar-refractivity contribution >= 4 is 29.1 Å². The number of benzene rings is 1. The van der Waals surface area contributed by atoms with Gasteiger partial charge >= 0.3 is 0 Å². The van der Waals surface area contributed by atoms with Gasteiger partial charge in [-0.3, -0.25) is 14.9 Å². The van der Waals surface area contributed by atoms with Crippen LogP contribution < -0.4 is 10.6 Å². The summed E-state index contributed by atoms with van der Waals surface area (Å²) in [4.78, 5) is 26.4. The van der Waals surface area contributed by atoms with Crippen LogP contribution >= 0.6 is 11.3 Å². The standard InChI is InChI=1S/C26H33F2N5O4S/c1-16(23-32-31-21(38-23)12-17-6-7-18(27)13-19(17)28)14-30-22(20(35)15-34)24(36)33(4)26(29-3)10-8-25(2,37-5)9-11-26/h6-7,13-15,29-30,35H,8-12H2,1-5H3/b16-14+,22-20+. The van der Waals surface area contributed by atoms with E-state index in [-0.39, 0.29) is 29.6 Å². The fourth-order valence-corrected chi connectivity index (χ4v) is 5.20. The maximum Gasteiger partial charge on any atom is 0.275 e. The first-order valence-electron chi connectivity index (χ1n) is 12.1. The molecule has 1 aromatic heterocycles. The van der Waals surface area contributed by atoms with Crippen molar-refractivity contribution in [1.82, 2.24) is 25.7 Å². The number of aldehydes is 1. The first kappa shape index (κ1) is 29.3. The Morgan fingerprint density at radius 3 is 2.53 bits per heavy atom. The largest absolute Gasteiger partial charge is 0.503 e. The molecule has 1 fully saturated rings. The van der Waals surface area contributed by atoms with Gasteiger partial charge in [-0.05, 0) is 58.2 Å². The van der Waals surface area contributed by atoms with Crippen LogP contribution in [0.4, 0.5) is 8.78 Å². The average molecular weight is 550 g/mol. The van der Waals surface area contributed by atoms with Gasteiger partial charge in [0, 0.05) is 38.4 Å². The summed E-state index contributed by atoms with van der Waals surface area (Å²) in [5.74, 6) is -2.63. The molecule has 206 valence electrons. The van der Waals surface area contributed by atoms with Gasteiger partial charge in [-0.15, -0.1) is 10.2 Å². The van der Waals surface area contributed by atoms with E-state index >= 15 is 0 Å². The number of aliphatic hydroxyl groups excluding tert-OH is 1. The minimum atomic E-state index is -0.737. The third-order valence-corrected chi connectivity index (χ3v) is 8.27. The number of amides is 1. The zero-order valence-corrected chi connectivity index (χ0v) is 22.9. The van der Waals surface area contributed by atoms with Gasteiger partial charge < -0.3 is 20.1 Å². The fraction of sp³-hybridized carbons (Fsp3) is 0.462. The van der Waals surface area contributed by atoms with Crippen LogP contribution in [0.25, 0.3) is 5.57 Å². The van der Waals surface area contributed by atoms with Crippen LogP contribution in [-0.2, 0) is 20.7 Å². The minimum absolute atomic E-state index is 0.138. The molecule has 0 radical (unpaired) electrons. The van der Waals surface area contributed by atoms with Crippen LogP contribution in [-0.4, -0.2) is 64.9 Å². The summed E-state index contributed by atoms with van der Waals surface area (Å²) in [5.41, 5.74) is -0.398. The normalized spacial score (nSPS) is 22.6. The van der Waals surface area contributed by atoms with Gasteiger partial charge in [0.15, 0.2) is 12.0 Å². The molecule has 1 saturated carbocycles. The van der Waals surface area contributed by atoms with E-state index in [4.69, 9.17) is 4.74 Å². The van der Waals surface area contributed by atoms with Crippen molar-refractivity contribution in [3.63, 3.8) is 0 Å². The quantitative estimate of drug-likeness (QED) is 0.178. The van der Waals surface area contributed by atoms with Crippen LogP contribution in [0.1, 0.15) is 55.1 Å². The molecule has 1 aliphatic rings. The number of methoxy groups -OCH3 is 1. The van der Waals surface area contributed by atoms with E-state index in [0.717, 1.165) is 6.07 Å². The third-order valence-electron chi connectivity index (χ3n) is 7.22. The van der Waals surface area contributed by atoms with Crippen molar-refractivity contribution in [1.29, 1.82) is 0 Å².